The largest absolute Gasteiger partial charge is 2.00 e. The molecule has 6 radical (unpaired) electrons. The Kier molecular flexibility index (Phi) is 336. The summed E-state index contributed by atoms with van der Waals surface area (Å²) in [6, 6.07) is 0. The van der Waals surface area contributed by atoms with Crippen LogP contribution in [0.1, 0.15) is 0 Å². The zero-order valence-corrected chi connectivity index (χ0v) is 50.8. The summed E-state index contributed by atoms with van der Waals surface area (Å²) >= 11 is -21.7. The zero-order valence-electron chi connectivity index (χ0n) is 13.9. The second-order valence-electron chi connectivity index (χ2n) is 1.12. The molecule has 0 amide bonds. The Bertz CT molecular complexity index is 404. The second-order valence-corrected chi connectivity index (χ2v) is 9.15. The summed E-state index contributed by atoms with van der Waals surface area (Å²) in [5, 5.41) is 0. The van der Waals surface area contributed by atoms with Crippen molar-refractivity contribution in [2.45, 2.75) is 0 Å². The van der Waals surface area contributed by atoms with Crippen molar-refractivity contribution in [3.05, 3.63) is 0 Å². The third-order valence-corrected chi connectivity index (χ3v) is 0. The van der Waals surface area contributed by atoms with Crippen LogP contribution in [0.4, 0.5) is 0 Å². The third-order valence-electron chi connectivity index (χ3n) is 0. The first-order chi connectivity index (χ1) is 8.66. The van der Waals surface area contributed by atoms with E-state index in [9.17, 15) is 0 Å². The zero-order chi connectivity index (χ0) is 17.9. The Morgan fingerprint density at radius 2 is 0.290 bits per heavy atom. The van der Waals surface area contributed by atoms with E-state index in [4.69, 9.17) is 50.6 Å². The Balaban J connectivity index is -0.00000000595. The van der Waals surface area contributed by atoms with Gasteiger partial charge in [0.25, 0.3) is 0 Å². The van der Waals surface area contributed by atoms with Crippen molar-refractivity contribution in [3.8, 4) is 0 Å². The molecule has 0 saturated heterocycles. The van der Waals surface area contributed by atoms with Crippen molar-refractivity contribution < 1.29 is 172 Å². The van der Waals surface area contributed by atoms with Crippen molar-refractivity contribution in [1.82, 2.24) is 0 Å². The SMILES string of the molecule is [Bi+3].[Bi+3].[Bi+3].[O-2].[O-2].[O-2].[O-2].[O-2].[O]=[Ta](=[O])[O-].[O]=[Ta](=[O])[O-].[O]=[Ta](=[O])[O-].[O]=[Ta](=[O])[O-].[O]=[Ta](=[O])[O-].[Sr+2].[Sr+2].[Sr+2]. The van der Waals surface area contributed by atoms with Gasteiger partial charge in [-0.3, -0.25) is 0 Å². The molecule has 0 bridgehead atoms. The van der Waals surface area contributed by atoms with Crippen LogP contribution in [0.3, 0.4) is 0 Å². The molecule has 0 aliphatic heterocycles. The fraction of sp³-hybridized carbons (Fsp3) is 0. The van der Waals surface area contributed by atoms with Crippen LogP contribution in [0.15, 0.2) is 0 Å². The van der Waals surface area contributed by atoms with Gasteiger partial charge in [0.05, 0.1) is 0 Å². The van der Waals surface area contributed by atoms with Crippen molar-refractivity contribution in [1.29, 1.82) is 0 Å². The van der Waals surface area contributed by atoms with Crippen LogP contribution in [-0.2, 0) is 154 Å². The van der Waals surface area contributed by atoms with Crippen LogP contribution in [0.2, 0.25) is 0 Å². The number of rotatable bonds is 0. The van der Waals surface area contributed by atoms with E-state index in [1.54, 1.807) is 0 Å². The first-order valence-corrected chi connectivity index (χ1v) is 22.4. The molecule has 0 rings (SSSR count). The van der Waals surface area contributed by atoms with E-state index in [1.807, 2.05) is 0 Å². The molecular weight excluding hydrogens is 2110 g/mol. The quantitative estimate of drug-likeness (QED) is 0.203. The van der Waals surface area contributed by atoms with Gasteiger partial charge >= 0.3 is 360 Å². The summed E-state index contributed by atoms with van der Waals surface area (Å²) in [5.41, 5.74) is 0. The first kappa shape index (κ1) is 106. The smallest absolute Gasteiger partial charge is 2.00 e. The van der Waals surface area contributed by atoms with Gasteiger partial charge in [0, 0.05) is 0 Å². The van der Waals surface area contributed by atoms with E-state index in [0.717, 1.165) is 0 Å². The van der Waals surface area contributed by atoms with E-state index < -0.39 is 93.9 Å². The van der Waals surface area contributed by atoms with Gasteiger partial charge in [0.15, 0.2) is 0 Å². The van der Waals surface area contributed by atoms with Gasteiger partial charge in [-0.1, -0.05) is 0 Å². The average molecular weight is 2110 g/mol. The van der Waals surface area contributed by atoms with Gasteiger partial charge in [0.2, 0.25) is 0 Å². The molecule has 20 nitrogen and oxygen atoms in total. The van der Waals surface area contributed by atoms with Gasteiger partial charge in [0.1, 0.15) is 0 Å². The van der Waals surface area contributed by atoms with Crippen LogP contribution < -0.4 is 18.1 Å². The summed E-state index contributed by atoms with van der Waals surface area (Å²) in [7, 11) is 0. The molecule has 0 aromatic carbocycles. The van der Waals surface area contributed by atoms with Crippen LogP contribution >= 0.6 is 0 Å². The summed E-state index contributed by atoms with van der Waals surface area (Å²) in [4.78, 5) is 0. The van der Waals surface area contributed by atoms with E-state index in [0.29, 0.717) is 0 Å². The van der Waals surface area contributed by atoms with Crippen molar-refractivity contribution >= 4 is 215 Å². The molecule has 0 aromatic rings. The average Bonchev–Trinajstić information content (AvgIpc) is 1.94. The van der Waals surface area contributed by atoms with Crippen molar-refractivity contribution in [3.63, 3.8) is 0 Å². The minimum atomic E-state index is -4.34. The van der Waals surface area contributed by atoms with Gasteiger partial charge in [-0.2, -0.15) is 0 Å². The summed E-state index contributed by atoms with van der Waals surface area (Å²) in [6.07, 6.45) is 0. The predicted molar refractivity (Wildman–Crippen MR) is 44.8 cm³/mol. The molecular formula is Bi3O20Sr3Ta5. The fourth-order valence-electron chi connectivity index (χ4n) is 0. The van der Waals surface area contributed by atoms with Crippen LogP contribution in [0.5, 0.6) is 0 Å². The maximum absolute atomic E-state index is 8.62. The maximum atomic E-state index is 8.62. The second kappa shape index (κ2) is 98.1. The molecule has 0 aliphatic rings. The molecule has 0 heterocycles. The Labute approximate surface area is 376 Å². The Hall–Kier alpha value is 8.39. The van der Waals surface area contributed by atoms with E-state index >= 15 is 0 Å². The molecule has 0 aliphatic carbocycles. The molecule has 31 heavy (non-hydrogen) atoms. The third kappa shape index (κ3) is 722. The summed E-state index contributed by atoms with van der Waals surface area (Å²) < 4.78 is 129. The molecule has 166 valence electrons. The van der Waals surface area contributed by atoms with E-state index in [1.165, 1.54) is 0 Å². The van der Waals surface area contributed by atoms with Crippen LogP contribution in [0, 0.1) is 0 Å². The van der Waals surface area contributed by atoms with Crippen LogP contribution in [-0.4, -0.2) is 215 Å². The summed E-state index contributed by atoms with van der Waals surface area (Å²) in [6.45, 7) is 0. The summed E-state index contributed by atoms with van der Waals surface area (Å²) in [5.74, 6) is 0. The van der Waals surface area contributed by atoms with Crippen molar-refractivity contribution in [2.75, 3.05) is 0 Å². The Morgan fingerprint density at radius 1 is 0.290 bits per heavy atom. The predicted octanol–water partition coefficient (Wildman–Crippen LogP) is -10.0. The van der Waals surface area contributed by atoms with Gasteiger partial charge < -0.3 is 27.4 Å². The minimum Gasteiger partial charge on any atom is 2.00 e. The molecule has 31 heteroatoms. The molecule has 0 N–H and O–H groups in total. The first-order valence-electron chi connectivity index (χ1n) is 2.74. The maximum Gasteiger partial charge on any atom is 2.00 e. The fourth-order valence-corrected chi connectivity index (χ4v) is 0. The number of hydrogen-bond donors (Lipinski definition) is 0. The Morgan fingerprint density at radius 3 is 0.290 bits per heavy atom. The standard InChI is InChI=1S/3Bi.20O.3Sr.5Ta/q3*+3;;;;;;;;;;;5*-2;5*-1;3*+2;;;;;. The van der Waals surface area contributed by atoms with Crippen LogP contribution in [0.25, 0.3) is 0 Å². The van der Waals surface area contributed by atoms with Crippen molar-refractivity contribution in [2.24, 2.45) is 0 Å². The number of hydrogen-bond acceptors (Lipinski definition) is 15. The molecule has 0 atom stereocenters. The minimum absolute atomic E-state index is 0. The molecule has 0 aromatic heterocycles. The van der Waals surface area contributed by atoms with Gasteiger partial charge in [-0.25, -0.2) is 0 Å². The van der Waals surface area contributed by atoms with Gasteiger partial charge in [-0.15, -0.1) is 0 Å². The molecule has 0 unspecified atom stereocenters. The molecule has 0 saturated carbocycles. The van der Waals surface area contributed by atoms with E-state index in [2.05, 4.69) is 0 Å². The molecule has 0 spiro atoms. The van der Waals surface area contributed by atoms with Gasteiger partial charge in [-0.05, 0) is 0 Å². The van der Waals surface area contributed by atoms with E-state index in [-0.39, 0.29) is 242 Å². The molecule has 0 fully saturated rings. The topological polar surface area (TPSA) is 428 Å². The normalized spacial score (nSPS) is 4.03. The monoisotopic (exact) mass is 2120 g/mol.